The minimum absolute atomic E-state index is 0.343. The molecule has 5 heteroatoms. The second-order valence-electron chi connectivity index (χ2n) is 1.99. The Hall–Kier alpha value is -1.65. The summed E-state index contributed by atoms with van der Waals surface area (Å²) < 4.78 is 16.9. The van der Waals surface area contributed by atoms with E-state index in [2.05, 4.69) is 19.6 Å². The Morgan fingerprint density at radius 1 is 1.55 bits per heavy atom. The van der Waals surface area contributed by atoms with Crippen LogP contribution < -0.4 is 0 Å². The lowest BCUT2D eigenvalue weighted by Gasteiger charge is -1.81. The molecule has 0 bridgehead atoms. The van der Waals surface area contributed by atoms with Gasteiger partial charge in [-0.15, -0.1) is 0 Å². The lowest BCUT2D eigenvalue weighted by atomic mass is 10.4. The molecule has 0 aromatic carbocycles. The summed E-state index contributed by atoms with van der Waals surface area (Å²) in [5.41, 5.74) is 0.510. The van der Waals surface area contributed by atoms with E-state index in [4.69, 9.17) is 0 Å². The van der Waals surface area contributed by atoms with Crippen LogP contribution in [0, 0.1) is 5.82 Å². The zero-order valence-electron chi connectivity index (χ0n) is 5.41. The van der Waals surface area contributed by atoms with Gasteiger partial charge in [0.25, 0.3) is 0 Å². The van der Waals surface area contributed by atoms with Crippen LogP contribution in [0.4, 0.5) is 4.39 Å². The molecule has 2 heterocycles. The number of H-pyrrole nitrogens is 1. The monoisotopic (exact) mass is 153 g/mol. The van der Waals surface area contributed by atoms with Crippen LogP contribution in [0.5, 0.6) is 0 Å². The van der Waals surface area contributed by atoms with Gasteiger partial charge in [0.15, 0.2) is 0 Å². The maximum Gasteiger partial charge on any atom is 0.218 e. The van der Waals surface area contributed by atoms with Crippen molar-refractivity contribution >= 4 is 0 Å². The van der Waals surface area contributed by atoms with Crippen molar-refractivity contribution < 1.29 is 8.91 Å². The molecule has 0 aliphatic heterocycles. The van der Waals surface area contributed by atoms with Crippen molar-refractivity contribution in [2.24, 2.45) is 0 Å². The number of aromatic amines is 1. The summed E-state index contributed by atoms with van der Waals surface area (Å²) in [4.78, 5) is 6.37. The van der Waals surface area contributed by atoms with Crippen LogP contribution in [0.1, 0.15) is 0 Å². The van der Waals surface area contributed by atoms with Crippen LogP contribution in [0.25, 0.3) is 11.5 Å². The van der Waals surface area contributed by atoms with Crippen LogP contribution in [-0.4, -0.2) is 15.1 Å². The minimum Gasteiger partial charge on any atom is -0.356 e. The highest BCUT2D eigenvalue weighted by molar-refractivity contribution is 5.47. The second-order valence-corrected chi connectivity index (χ2v) is 1.99. The van der Waals surface area contributed by atoms with Crippen LogP contribution >= 0.6 is 0 Å². The summed E-state index contributed by atoms with van der Waals surface area (Å²) in [6.07, 6.45) is 2.42. The molecule has 0 radical (unpaired) electrons. The Morgan fingerprint density at radius 3 is 3.00 bits per heavy atom. The van der Waals surface area contributed by atoms with E-state index in [0.717, 1.165) is 0 Å². The van der Waals surface area contributed by atoms with E-state index in [1.54, 1.807) is 0 Å². The van der Waals surface area contributed by atoms with Crippen LogP contribution in [0.15, 0.2) is 23.2 Å². The largest absolute Gasteiger partial charge is 0.356 e. The molecule has 2 aromatic heterocycles. The Morgan fingerprint density at radius 2 is 2.45 bits per heavy atom. The molecule has 0 atom stereocenters. The standard InChI is InChI=1S/C6H4FN3O/c7-4-1-5(8-2-4)6-9-3-11-10-6/h1-3,8H. The molecule has 11 heavy (non-hydrogen) atoms. The minimum atomic E-state index is -0.343. The van der Waals surface area contributed by atoms with Crippen molar-refractivity contribution in [2.45, 2.75) is 0 Å². The van der Waals surface area contributed by atoms with Crippen LogP contribution in [0.3, 0.4) is 0 Å². The fraction of sp³-hybridized carbons (Fsp3) is 0. The van der Waals surface area contributed by atoms with Crippen molar-refractivity contribution in [1.82, 2.24) is 15.1 Å². The average molecular weight is 153 g/mol. The van der Waals surface area contributed by atoms with Gasteiger partial charge in [-0.3, -0.25) is 0 Å². The van der Waals surface area contributed by atoms with Crippen molar-refractivity contribution in [3.05, 3.63) is 24.5 Å². The van der Waals surface area contributed by atoms with Crippen molar-refractivity contribution in [2.75, 3.05) is 0 Å². The molecule has 2 rings (SSSR count). The summed E-state index contributed by atoms with van der Waals surface area (Å²) in [5.74, 6) is 0.0127. The molecule has 0 amide bonds. The number of hydrogen-bond donors (Lipinski definition) is 1. The first-order valence-electron chi connectivity index (χ1n) is 2.97. The first-order valence-corrected chi connectivity index (χ1v) is 2.97. The summed E-state index contributed by atoms with van der Waals surface area (Å²) in [6.45, 7) is 0. The second kappa shape index (κ2) is 2.19. The quantitative estimate of drug-likeness (QED) is 0.669. The number of aromatic nitrogens is 3. The Labute approximate surface area is 61.0 Å². The predicted octanol–water partition coefficient (Wildman–Crippen LogP) is 1.20. The molecule has 0 spiro atoms. The molecule has 56 valence electrons. The molecule has 4 nitrogen and oxygen atoms in total. The summed E-state index contributed by atoms with van der Waals surface area (Å²) in [7, 11) is 0. The van der Waals surface area contributed by atoms with Crippen molar-refractivity contribution in [3.8, 4) is 11.5 Å². The summed E-state index contributed by atoms with van der Waals surface area (Å²) in [5, 5.41) is 3.52. The van der Waals surface area contributed by atoms with Gasteiger partial charge in [0.2, 0.25) is 12.2 Å². The van der Waals surface area contributed by atoms with Gasteiger partial charge in [-0.2, -0.15) is 4.98 Å². The highest BCUT2D eigenvalue weighted by Crippen LogP contribution is 2.12. The highest BCUT2D eigenvalue weighted by Gasteiger charge is 2.04. The van der Waals surface area contributed by atoms with E-state index in [-0.39, 0.29) is 5.82 Å². The van der Waals surface area contributed by atoms with Gasteiger partial charge in [0.1, 0.15) is 5.82 Å². The zero-order valence-corrected chi connectivity index (χ0v) is 5.41. The average Bonchev–Trinajstić information content (AvgIpc) is 2.55. The SMILES string of the molecule is Fc1c[nH]c(-c2ncon2)c1. The molecular formula is C6H4FN3O. The topological polar surface area (TPSA) is 54.7 Å². The molecule has 0 saturated carbocycles. The first kappa shape index (κ1) is 6.09. The Kier molecular flexibility index (Phi) is 1.21. The van der Waals surface area contributed by atoms with Gasteiger partial charge in [-0.1, -0.05) is 5.16 Å². The van der Waals surface area contributed by atoms with Crippen molar-refractivity contribution in [1.29, 1.82) is 0 Å². The van der Waals surface area contributed by atoms with Crippen LogP contribution in [-0.2, 0) is 0 Å². The number of nitrogens with one attached hydrogen (secondary N) is 1. The van der Waals surface area contributed by atoms with E-state index >= 15 is 0 Å². The molecule has 2 aromatic rings. The predicted molar refractivity (Wildman–Crippen MR) is 34.0 cm³/mol. The zero-order chi connectivity index (χ0) is 7.68. The maximum atomic E-state index is 12.4. The molecular weight excluding hydrogens is 149 g/mol. The lowest BCUT2D eigenvalue weighted by molar-refractivity contribution is 0.418. The molecule has 0 aliphatic rings. The number of halogens is 1. The van der Waals surface area contributed by atoms with Crippen LogP contribution in [0.2, 0.25) is 0 Å². The summed E-state index contributed by atoms with van der Waals surface area (Å²) in [6, 6.07) is 1.30. The molecule has 0 aliphatic carbocycles. The Balaban J connectivity index is 2.45. The number of rotatable bonds is 1. The molecule has 0 fully saturated rings. The lowest BCUT2D eigenvalue weighted by Crippen LogP contribution is -1.77. The summed E-state index contributed by atoms with van der Waals surface area (Å²) >= 11 is 0. The van der Waals surface area contributed by atoms with Gasteiger partial charge in [-0.25, -0.2) is 4.39 Å². The third-order valence-electron chi connectivity index (χ3n) is 1.25. The fourth-order valence-corrected chi connectivity index (χ4v) is 0.786. The molecule has 0 unspecified atom stereocenters. The highest BCUT2D eigenvalue weighted by atomic mass is 19.1. The van der Waals surface area contributed by atoms with E-state index in [1.165, 1.54) is 18.7 Å². The van der Waals surface area contributed by atoms with E-state index in [0.29, 0.717) is 11.5 Å². The van der Waals surface area contributed by atoms with Gasteiger partial charge < -0.3 is 9.51 Å². The van der Waals surface area contributed by atoms with Gasteiger partial charge in [0.05, 0.1) is 5.69 Å². The Bertz CT molecular complexity index is 340. The number of hydrogen-bond acceptors (Lipinski definition) is 3. The first-order chi connectivity index (χ1) is 5.36. The van der Waals surface area contributed by atoms with Gasteiger partial charge in [-0.05, 0) is 0 Å². The third kappa shape index (κ3) is 1.000. The third-order valence-corrected chi connectivity index (χ3v) is 1.25. The molecule has 1 N–H and O–H groups in total. The van der Waals surface area contributed by atoms with Gasteiger partial charge >= 0.3 is 0 Å². The fourth-order valence-electron chi connectivity index (χ4n) is 0.786. The molecule has 0 saturated heterocycles. The smallest absolute Gasteiger partial charge is 0.218 e. The van der Waals surface area contributed by atoms with E-state index < -0.39 is 0 Å². The normalized spacial score (nSPS) is 10.3. The number of nitrogens with zero attached hydrogens (tertiary/aromatic N) is 2. The van der Waals surface area contributed by atoms with Gasteiger partial charge in [0, 0.05) is 12.3 Å². The van der Waals surface area contributed by atoms with Crippen molar-refractivity contribution in [3.63, 3.8) is 0 Å². The van der Waals surface area contributed by atoms with E-state index in [9.17, 15) is 4.39 Å². The maximum absolute atomic E-state index is 12.4. The van der Waals surface area contributed by atoms with E-state index in [1.807, 2.05) is 0 Å².